The second-order valence-electron chi connectivity index (χ2n) is 7.96. The molecule has 29 heavy (non-hydrogen) atoms. The van der Waals surface area contributed by atoms with Crippen LogP contribution in [-0.4, -0.2) is 23.7 Å². The van der Waals surface area contributed by atoms with Gasteiger partial charge in [0.05, 0.1) is 10.4 Å². The first-order valence-electron chi connectivity index (χ1n) is 10.1. The van der Waals surface area contributed by atoms with Gasteiger partial charge in [0.25, 0.3) is 5.56 Å². The number of aromatic amines is 1. The molecule has 1 N–H and O–H groups in total. The second kappa shape index (κ2) is 7.76. The number of nitrogens with one attached hydrogen (secondary N) is 1. The van der Waals surface area contributed by atoms with E-state index in [4.69, 9.17) is 0 Å². The van der Waals surface area contributed by atoms with Crippen LogP contribution >= 0.6 is 0 Å². The molecule has 1 saturated carbocycles. The van der Waals surface area contributed by atoms with Crippen molar-refractivity contribution in [2.75, 3.05) is 0 Å². The number of aromatic nitrogens is 1. The minimum atomic E-state index is -3.70. The topological polar surface area (TPSA) is 70.2 Å². The maximum Gasteiger partial charge on any atom is 0.252 e. The first-order chi connectivity index (χ1) is 13.9. The van der Waals surface area contributed by atoms with E-state index in [-0.39, 0.29) is 23.0 Å². The number of hydrogen-bond donors (Lipinski definition) is 1. The lowest BCUT2D eigenvalue weighted by atomic mass is 10.1. The summed E-state index contributed by atoms with van der Waals surface area (Å²) in [5.74, 6) is 0. The van der Waals surface area contributed by atoms with Crippen LogP contribution in [0, 0.1) is 13.8 Å². The number of H-pyrrole nitrogens is 1. The Bertz CT molecular complexity index is 1190. The number of aryl methyl sites for hydroxylation is 2. The molecule has 1 aliphatic rings. The average molecular weight is 411 g/mol. The summed E-state index contributed by atoms with van der Waals surface area (Å²) in [6.45, 7) is 3.96. The maximum atomic E-state index is 13.5. The van der Waals surface area contributed by atoms with Gasteiger partial charge in [-0.2, -0.15) is 4.31 Å². The standard InChI is InChI=1S/C23H26N2O3S/c1-16-10-12-21(13-11-16)29(27,28)25(20-8-3-4-9-20)15-19-14-18-7-5-6-17(2)22(18)24-23(19)26/h5-7,10-14,20H,3-4,8-9,15H2,1-2H3,(H,24,26). The Morgan fingerprint density at radius 2 is 1.72 bits per heavy atom. The number of benzene rings is 2. The van der Waals surface area contributed by atoms with Crippen molar-refractivity contribution in [3.8, 4) is 0 Å². The van der Waals surface area contributed by atoms with Crippen molar-refractivity contribution < 1.29 is 8.42 Å². The Morgan fingerprint density at radius 1 is 1.03 bits per heavy atom. The molecule has 5 nitrogen and oxygen atoms in total. The third kappa shape index (κ3) is 3.87. The molecule has 0 bridgehead atoms. The summed E-state index contributed by atoms with van der Waals surface area (Å²) in [4.78, 5) is 16.0. The lowest BCUT2D eigenvalue weighted by Crippen LogP contribution is -2.39. The minimum Gasteiger partial charge on any atom is -0.321 e. The van der Waals surface area contributed by atoms with E-state index in [1.54, 1.807) is 12.1 Å². The normalized spacial score (nSPS) is 15.4. The van der Waals surface area contributed by atoms with E-state index in [0.29, 0.717) is 5.56 Å². The van der Waals surface area contributed by atoms with Gasteiger partial charge in [-0.05, 0) is 55.8 Å². The summed E-state index contributed by atoms with van der Waals surface area (Å²) in [7, 11) is -3.70. The van der Waals surface area contributed by atoms with Gasteiger partial charge in [-0.3, -0.25) is 4.79 Å². The van der Waals surface area contributed by atoms with Crippen LogP contribution in [0.4, 0.5) is 0 Å². The lowest BCUT2D eigenvalue weighted by Gasteiger charge is -2.28. The highest BCUT2D eigenvalue weighted by Gasteiger charge is 2.33. The molecule has 1 aliphatic carbocycles. The molecule has 3 aromatic rings. The predicted molar refractivity (Wildman–Crippen MR) is 115 cm³/mol. The number of rotatable bonds is 5. The Balaban J connectivity index is 1.77. The Morgan fingerprint density at radius 3 is 2.41 bits per heavy atom. The smallest absolute Gasteiger partial charge is 0.252 e. The van der Waals surface area contributed by atoms with Crippen LogP contribution in [0.3, 0.4) is 0 Å². The zero-order chi connectivity index (χ0) is 20.6. The molecular weight excluding hydrogens is 384 g/mol. The molecule has 1 fully saturated rings. The highest BCUT2D eigenvalue weighted by atomic mass is 32.2. The zero-order valence-corrected chi connectivity index (χ0v) is 17.6. The van der Waals surface area contributed by atoms with Crippen LogP contribution in [0.15, 0.2) is 58.2 Å². The van der Waals surface area contributed by atoms with Gasteiger partial charge in [0.2, 0.25) is 10.0 Å². The molecule has 0 unspecified atom stereocenters. The van der Waals surface area contributed by atoms with Crippen molar-refractivity contribution in [2.45, 2.75) is 57.0 Å². The third-order valence-electron chi connectivity index (χ3n) is 5.85. The quantitative estimate of drug-likeness (QED) is 0.683. The molecule has 4 rings (SSSR count). The van der Waals surface area contributed by atoms with Gasteiger partial charge in [0.1, 0.15) is 0 Å². The molecule has 0 aliphatic heterocycles. The van der Waals surface area contributed by atoms with Gasteiger partial charge < -0.3 is 4.98 Å². The zero-order valence-electron chi connectivity index (χ0n) is 16.8. The van der Waals surface area contributed by atoms with Crippen molar-refractivity contribution in [3.05, 3.63) is 75.6 Å². The van der Waals surface area contributed by atoms with Crippen molar-refractivity contribution in [3.63, 3.8) is 0 Å². The minimum absolute atomic E-state index is 0.0751. The number of hydrogen-bond acceptors (Lipinski definition) is 3. The molecule has 0 atom stereocenters. The van der Waals surface area contributed by atoms with Crippen molar-refractivity contribution >= 4 is 20.9 Å². The van der Waals surface area contributed by atoms with Crippen LogP contribution < -0.4 is 5.56 Å². The van der Waals surface area contributed by atoms with Crippen LogP contribution in [0.25, 0.3) is 10.9 Å². The van der Waals surface area contributed by atoms with Crippen molar-refractivity contribution in [1.29, 1.82) is 0 Å². The van der Waals surface area contributed by atoms with Gasteiger partial charge in [0.15, 0.2) is 0 Å². The van der Waals surface area contributed by atoms with E-state index in [1.807, 2.05) is 50.2 Å². The monoisotopic (exact) mass is 410 g/mol. The lowest BCUT2D eigenvalue weighted by molar-refractivity contribution is 0.315. The van der Waals surface area contributed by atoms with E-state index in [1.165, 1.54) is 4.31 Å². The molecule has 0 saturated heterocycles. The second-order valence-corrected chi connectivity index (χ2v) is 9.85. The molecule has 2 aromatic carbocycles. The van der Waals surface area contributed by atoms with Crippen LogP contribution in [0.2, 0.25) is 0 Å². The van der Waals surface area contributed by atoms with Gasteiger partial charge in [0, 0.05) is 18.2 Å². The highest BCUT2D eigenvalue weighted by Crippen LogP contribution is 2.30. The highest BCUT2D eigenvalue weighted by molar-refractivity contribution is 7.89. The summed E-state index contributed by atoms with van der Waals surface area (Å²) in [6, 6.07) is 14.5. The Kier molecular flexibility index (Phi) is 5.32. The van der Waals surface area contributed by atoms with Crippen molar-refractivity contribution in [1.82, 2.24) is 9.29 Å². The van der Waals surface area contributed by atoms with Gasteiger partial charge in [-0.15, -0.1) is 0 Å². The number of pyridine rings is 1. The van der Waals surface area contributed by atoms with Crippen molar-refractivity contribution in [2.24, 2.45) is 0 Å². The number of nitrogens with zero attached hydrogens (tertiary/aromatic N) is 1. The first-order valence-corrected chi connectivity index (χ1v) is 11.5. The number of para-hydroxylation sites is 1. The van der Waals surface area contributed by atoms with E-state index in [0.717, 1.165) is 47.7 Å². The van der Waals surface area contributed by atoms with E-state index < -0.39 is 10.0 Å². The molecule has 1 heterocycles. The molecular formula is C23H26N2O3S. The van der Waals surface area contributed by atoms with E-state index in [2.05, 4.69) is 4.98 Å². The van der Waals surface area contributed by atoms with Crippen LogP contribution in [0.5, 0.6) is 0 Å². The van der Waals surface area contributed by atoms with E-state index in [9.17, 15) is 13.2 Å². The van der Waals surface area contributed by atoms with Gasteiger partial charge in [-0.25, -0.2) is 8.42 Å². The summed E-state index contributed by atoms with van der Waals surface area (Å²) < 4.78 is 28.5. The molecule has 0 amide bonds. The van der Waals surface area contributed by atoms with Gasteiger partial charge >= 0.3 is 0 Å². The molecule has 152 valence electrons. The number of fused-ring (bicyclic) bond motifs is 1. The fraction of sp³-hybridized carbons (Fsp3) is 0.348. The maximum absolute atomic E-state index is 13.5. The molecule has 0 radical (unpaired) electrons. The van der Waals surface area contributed by atoms with Crippen LogP contribution in [0.1, 0.15) is 42.4 Å². The Labute approximate surface area is 171 Å². The first kappa shape index (κ1) is 19.9. The Hall–Kier alpha value is -2.44. The number of sulfonamides is 1. The third-order valence-corrected chi connectivity index (χ3v) is 7.76. The van der Waals surface area contributed by atoms with Gasteiger partial charge in [-0.1, -0.05) is 48.7 Å². The molecule has 6 heteroatoms. The SMILES string of the molecule is Cc1ccc(S(=O)(=O)N(Cc2cc3cccc(C)c3[nH]c2=O)C2CCCC2)cc1. The fourth-order valence-corrected chi connectivity index (χ4v) is 5.83. The fourth-order valence-electron chi connectivity index (χ4n) is 4.16. The molecule has 1 aromatic heterocycles. The summed E-state index contributed by atoms with van der Waals surface area (Å²) >= 11 is 0. The predicted octanol–water partition coefficient (Wildman–Crippen LogP) is 4.28. The largest absolute Gasteiger partial charge is 0.321 e. The summed E-state index contributed by atoms with van der Waals surface area (Å²) in [6.07, 6.45) is 3.68. The average Bonchev–Trinajstić information content (AvgIpc) is 3.21. The summed E-state index contributed by atoms with van der Waals surface area (Å²) in [5, 5.41) is 0.915. The van der Waals surface area contributed by atoms with Crippen LogP contribution in [-0.2, 0) is 16.6 Å². The van der Waals surface area contributed by atoms with E-state index >= 15 is 0 Å². The summed E-state index contributed by atoms with van der Waals surface area (Å²) in [5.41, 5.74) is 3.05. The molecule has 0 spiro atoms.